The molecule has 0 unspecified atom stereocenters. The Labute approximate surface area is 92.7 Å². The summed E-state index contributed by atoms with van der Waals surface area (Å²) in [7, 11) is 0. The van der Waals surface area contributed by atoms with E-state index in [1.165, 1.54) is 6.20 Å². The third-order valence-electron chi connectivity index (χ3n) is 1.65. The van der Waals surface area contributed by atoms with Crippen LogP contribution in [-0.2, 0) is 14.3 Å². The number of aromatic nitrogens is 2. The minimum atomic E-state index is -0.862. The van der Waals surface area contributed by atoms with Crippen molar-refractivity contribution >= 4 is 17.6 Å². The topological polar surface area (TPSA) is 84.1 Å². The van der Waals surface area contributed by atoms with Crippen molar-refractivity contribution in [2.45, 2.75) is 13.8 Å². The van der Waals surface area contributed by atoms with Gasteiger partial charge in [0.05, 0.1) is 6.61 Å². The number of carbonyl (C=O) groups is 2. The van der Waals surface area contributed by atoms with Gasteiger partial charge in [-0.3, -0.25) is 9.89 Å². The molecule has 1 aromatic heterocycles. The van der Waals surface area contributed by atoms with Crippen molar-refractivity contribution in [3.63, 3.8) is 0 Å². The first kappa shape index (κ1) is 12.0. The zero-order chi connectivity index (χ0) is 12.0. The van der Waals surface area contributed by atoms with Gasteiger partial charge in [-0.05, 0) is 13.8 Å². The molecule has 0 radical (unpaired) electrons. The molecule has 1 rings (SSSR count). The van der Waals surface area contributed by atoms with Crippen LogP contribution in [0.3, 0.4) is 0 Å². The summed E-state index contributed by atoms with van der Waals surface area (Å²) in [6.45, 7) is 3.68. The molecule has 0 aliphatic heterocycles. The lowest BCUT2D eigenvalue weighted by Gasteiger charge is -1.96. The second-order valence-corrected chi connectivity index (χ2v) is 3.00. The Morgan fingerprint density at radius 1 is 1.62 bits per heavy atom. The van der Waals surface area contributed by atoms with Crippen LogP contribution < -0.4 is 5.32 Å². The van der Waals surface area contributed by atoms with Gasteiger partial charge in [-0.1, -0.05) is 0 Å². The molecule has 1 aromatic rings. The zero-order valence-electron chi connectivity index (χ0n) is 9.11. The highest BCUT2D eigenvalue weighted by Gasteiger charge is 2.09. The van der Waals surface area contributed by atoms with E-state index in [0.717, 1.165) is 11.8 Å². The van der Waals surface area contributed by atoms with Crippen LogP contribution in [0.15, 0.2) is 18.3 Å². The molecule has 2 N–H and O–H groups in total. The van der Waals surface area contributed by atoms with Gasteiger partial charge in [-0.2, -0.15) is 5.10 Å². The summed E-state index contributed by atoms with van der Waals surface area (Å²) in [5.74, 6) is -0.995. The lowest BCUT2D eigenvalue weighted by molar-refractivity contribution is -0.151. The molecular formula is C10H13N3O3. The summed E-state index contributed by atoms with van der Waals surface area (Å²) in [5.41, 5.74) is 0.896. The largest absolute Gasteiger partial charge is 0.460 e. The molecule has 0 saturated heterocycles. The van der Waals surface area contributed by atoms with Gasteiger partial charge < -0.3 is 10.1 Å². The standard InChI is InChI=1S/C10H13N3O3/c1-3-16-10(15)8(14)4-5-11-9-6-7(2)12-13-9/h4-6H,3H2,1-2H3,(H2,11,12,13)/b5-4+. The average Bonchev–Trinajstić information content (AvgIpc) is 2.64. The van der Waals surface area contributed by atoms with Gasteiger partial charge in [0.2, 0.25) is 0 Å². The Balaban J connectivity index is 2.43. The predicted molar refractivity (Wildman–Crippen MR) is 57.7 cm³/mol. The molecule has 0 amide bonds. The number of aryl methyl sites for hydroxylation is 1. The molecule has 6 nitrogen and oxygen atoms in total. The highest BCUT2D eigenvalue weighted by atomic mass is 16.5. The van der Waals surface area contributed by atoms with Crippen LogP contribution in [0.2, 0.25) is 0 Å². The van der Waals surface area contributed by atoms with Crippen molar-refractivity contribution in [1.82, 2.24) is 10.2 Å². The number of ether oxygens (including phenoxy) is 1. The lowest BCUT2D eigenvalue weighted by Crippen LogP contribution is -2.14. The summed E-state index contributed by atoms with van der Waals surface area (Å²) < 4.78 is 4.52. The fourth-order valence-electron chi connectivity index (χ4n) is 0.965. The Morgan fingerprint density at radius 2 is 2.38 bits per heavy atom. The highest BCUT2D eigenvalue weighted by molar-refractivity contribution is 6.38. The molecule has 1 heterocycles. The summed E-state index contributed by atoms with van der Waals surface area (Å²) in [6, 6.07) is 1.76. The van der Waals surface area contributed by atoms with Gasteiger partial charge in [0.15, 0.2) is 5.82 Å². The number of carbonyl (C=O) groups excluding carboxylic acids is 2. The third kappa shape index (κ3) is 3.56. The first-order valence-electron chi connectivity index (χ1n) is 4.79. The van der Waals surface area contributed by atoms with Crippen LogP contribution in [0.1, 0.15) is 12.6 Å². The average molecular weight is 223 g/mol. The first-order valence-corrected chi connectivity index (χ1v) is 4.79. The van der Waals surface area contributed by atoms with E-state index in [2.05, 4.69) is 20.3 Å². The molecule has 0 fully saturated rings. The molecule has 0 aromatic carbocycles. The Hall–Kier alpha value is -2.11. The van der Waals surface area contributed by atoms with E-state index in [-0.39, 0.29) is 6.61 Å². The molecular weight excluding hydrogens is 210 g/mol. The quantitative estimate of drug-likeness (QED) is 0.437. The van der Waals surface area contributed by atoms with E-state index in [0.29, 0.717) is 5.82 Å². The van der Waals surface area contributed by atoms with Crippen molar-refractivity contribution in [1.29, 1.82) is 0 Å². The number of nitrogens with zero attached hydrogens (tertiary/aromatic N) is 1. The van der Waals surface area contributed by atoms with Crippen LogP contribution in [0.4, 0.5) is 5.82 Å². The molecule has 86 valence electrons. The van der Waals surface area contributed by atoms with Crippen LogP contribution in [0.5, 0.6) is 0 Å². The minimum absolute atomic E-state index is 0.185. The molecule has 6 heteroatoms. The number of esters is 1. The van der Waals surface area contributed by atoms with Gasteiger partial charge in [0.1, 0.15) is 0 Å². The van der Waals surface area contributed by atoms with Crippen LogP contribution in [-0.4, -0.2) is 28.6 Å². The van der Waals surface area contributed by atoms with E-state index in [1.807, 2.05) is 6.92 Å². The van der Waals surface area contributed by atoms with Crippen molar-refractivity contribution < 1.29 is 14.3 Å². The fourth-order valence-corrected chi connectivity index (χ4v) is 0.965. The van der Waals surface area contributed by atoms with Crippen molar-refractivity contribution in [2.24, 2.45) is 0 Å². The summed E-state index contributed by atoms with van der Waals surface area (Å²) in [5, 5.41) is 9.35. The van der Waals surface area contributed by atoms with Crippen LogP contribution in [0.25, 0.3) is 0 Å². The number of aromatic amines is 1. The summed E-state index contributed by atoms with van der Waals surface area (Å²) in [4.78, 5) is 22.0. The second kappa shape index (κ2) is 5.69. The zero-order valence-corrected chi connectivity index (χ0v) is 9.11. The number of nitrogens with one attached hydrogen (secondary N) is 2. The van der Waals surface area contributed by atoms with Crippen molar-refractivity contribution in [2.75, 3.05) is 11.9 Å². The SMILES string of the molecule is CCOC(=O)C(=O)/C=C/Nc1cc(C)[nH]n1. The molecule has 0 saturated carbocycles. The van der Waals surface area contributed by atoms with Gasteiger partial charge >= 0.3 is 5.97 Å². The second-order valence-electron chi connectivity index (χ2n) is 3.00. The third-order valence-corrected chi connectivity index (χ3v) is 1.65. The summed E-state index contributed by atoms with van der Waals surface area (Å²) in [6.07, 6.45) is 2.44. The monoisotopic (exact) mass is 223 g/mol. The first-order chi connectivity index (χ1) is 7.63. The Morgan fingerprint density at radius 3 is 2.94 bits per heavy atom. The fraction of sp³-hybridized carbons (Fsp3) is 0.300. The van der Waals surface area contributed by atoms with Gasteiger partial charge in [-0.25, -0.2) is 4.79 Å². The van der Waals surface area contributed by atoms with E-state index in [4.69, 9.17) is 0 Å². The maximum atomic E-state index is 11.1. The molecule has 0 aliphatic rings. The Bertz CT molecular complexity index is 409. The van der Waals surface area contributed by atoms with Gasteiger partial charge in [0.25, 0.3) is 5.78 Å². The number of ketones is 1. The number of rotatable bonds is 5. The molecule has 0 bridgehead atoms. The number of hydrogen-bond acceptors (Lipinski definition) is 5. The van der Waals surface area contributed by atoms with Crippen molar-refractivity contribution in [3.05, 3.63) is 24.0 Å². The Kier molecular flexibility index (Phi) is 4.26. The van der Waals surface area contributed by atoms with E-state index >= 15 is 0 Å². The minimum Gasteiger partial charge on any atom is -0.460 e. The van der Waals surface area contributed by atoms with E-state index < -0.39 is 11.8 Å². The van der Waals surface area contributed by atoms with Crippen LogP contribution >= 0.6 is 0 Å². The van der Waals surface area contributed by atoms with E-state index in [9.17, 15) is 9.59 Å². The summed E-state index contributed by atoms with van der Waals surface area (Å²) >= 11 is 0. The van der Waals surface area contributed by atoms with Gasteiger partial charge in [-0.15, -0.1) is 0 Å². The highest BCUT2D eigenvalue weighted by Crippen LogP contribution is 2.02. The number of anilines is 1. The van der Waals surface area contributed by atoms with Crippen molar-refractivity contribution in [3.8, 4) is 0 Å². The van der Waals surface area contributed by atoms with E-state index in [1.54, 1.807) is 13.0 Å². The smallest absolute Gasteiger partial charge is 0.379 e. The normalized spacial score (nSPS) is 10.4. The predicted octanol–water partition coefficient (Wildman–Crippen LogP) is 0.776. The maximum Gasteiger partial charge on any atom is 0.379 e. The molecule has 0 spiro atoms. The molecule has 0 atom stereocenters. The van der Waals surface area contributed by atoms with Gasteiger partial charge in [0, 0.05) is 24.0 Å². The number of H-pyrrole nitrogens is 1. The van der Waals surface area contributed by atoms with Crippen LogP contribution in [0, 0.1) is 6.92 Å². The molecule has 0 aliphatic carbocycles. The molecule has 16 heavy (non-hydrogen) atoms. The maximum absolute atomic E-state index is 11.1. The number of hydrogen-bond donors (Lipinski definition) is 2. The lowest BCUT2D eigenvalue weighted by atomic mass is 10.4.